The molecule has 21 heteroatoms. The summed E-state index contributed by atoms with van der Waals surface area (Å²) >= 11 is 33.4. The number of halogens is 5. The van der Waals surface area contributed by atoms with E-state index in [1.54, 1.807) is 24.3 Å². The molecule has 294 valence electrons. The van der Waals surface area contributed by atoms with E-state index in [1.807, 2.05) is 6.07 Å². The Balaban J connectivity index is 1.65. The van der Waals surface area contributed by atoms with Crippen molar-refractivity contribution in [1.82, 2.24) is 20.0 Å². The third-order valence-electron chi connectivity index (χ3n) is 9.38. The number of unbranched alkanes of at least 4 members (excludes halogenated alkanes) is 2. The highest BCUT2D eigenvalue weighted by molar-refractivity contribution is 7.86. The monoisotopic (exact) mass is 875 g/mol. The summed E-state index contributed by atoms with van der Waals surface area (Å²) in [6.45, 7) is 2.28. The Kier molecular flexibility index (Phi) is 16.1. The average Bonchev–Trinajstić information content (AvgIpc) is 3.45. The molecule has 7 atom stereocenters. The molecule has 2 aromatic rings. The fourth-order valence-electron chi connectivity index (χ4n) is 6.80. The molecule has 1 aromatic carbocycles. The number of carbonyl (C=O) groups excluding carboxylic acids is 1. The van der Waals surface area contributed by atoms with Crippen LogP contribution in [0.5, 0.6) is 0 Å². The zero-order chi connectivity index (χ0) is 39.1. The highest BCUT2D eigenvalue weighted by Crippen LogP contribution is 2.46. The van der Waals surface area contributed by atoms with E-state index in [2.05, 4.69) is 26.5 Å². The lowest BCUT2D eigenvalue weighted by atomic mass is 9.86. The Morgan fingerprint density at radius 2 is 1.47 bits per heavy atom. The third kappa shape index (κ3) is 12.1. The fourth-order valence-corrected chi connectivity index (χ4v) is 10.0. The lowest BCUT2D eigenvalue weighted by Gasteiger charge is -2.41. The minimum Gasteiger partial charge on any atom is -0.351 e. The summed E-state index contributed by atoms with van der Waals surface area (Å²) in [6, 6.07) is 9.23. The lowest BCUT2D eigenvalue weighted by molar-refractivity contribution is -0.120. The number of rotatable bonds is 16. The van der Waals surface area contributed by atoms with Gasteiger partial charge in [-0.05, 0) is 58.0 Å². The maximum atomic E-state index is 12.4. The summed E-state index contributed by atoms with van der Waals surface area (Å²) in [6.07, 6.45) is 2.77. The van der Waals surface area contributed by atoms with Gasteiger partial charge in [-0.25, -0.2) is 4.68 Å². The molecule has 1 amide bonds. The van der Waals surface area contributed by atoms with E-state index >= 15 is 0 Å². The number of azo groups is 1. The summed E-state index contributed by atoms with van der Waals surface area (Å²) in [4.78, 5) is 14.5. The van der Waals surface area contributed by atoms with Crippen LogP contribution >= 0.6 is 58.0 Å². The number of carbonyl (C=O) groups is 1. The molecule has 0 bridgehead atoms. The van der Waals surface area contributed by atoms with Crippen molar-refractivity contribution in [2.75, 3.05) is 24.6 Å². The molecule has 0 radical (unpaired) electrons. The molecule has 14 nitrogen and oxygen atoms in total. The predicted octanol–water partition coefficient (Wildman–Crippen LogP) is 6.16. The van der Waals surface area contributed by atoms with Crippen LogP contribution in [0.4, 0.5) is 5.82 Å². The molecule has 1 heterocycles. The van der Waals surface area contributed by atoms with Gasteiger partial charge in [0.1, 0.15) is 17.3 Å². The van der Waals surface area contributed by atoms with Crippen LogP contribution in [-0.4, -0.2) is 116 Å². The van der Waals surface area contributed by atoms with Crippen molar-refractivity contribution in [2.45, 2.75) is 103 Å². The molecule has 53 heavy (non-hydrogen) atoms. The van der Waals surface area contributed by atoms with Gasteiger partial charge in [0.25, 0.3) is 20.2 Å². The maximum Gasteiger partial charge on any atom is 0.264 e. The maximum absolute atomic E-state index is 12.4. The van der Waals surface area contributed by atoms with Crippen LogP contribution in [0.3, 0.4) is 0 Å². The third-order valence-corrected chi connectivity index (χ3v) is 14.2. The largest absolute Gasteiger partial charge is 0.351 e. The zero-order valence-electron chi connectivity index (χ0n) is 28.7. The van der Waals surface area contributed by atoms with Gasteiger partial charge in [0.2, 0.25) is 5.91 Å². The van der Waals surface area contributed by atoms with Gasteiger partial charge in [0.05, 0.1) is 56.5 Å². The molecular formula is C32H42Cl5N7O7S2. The van der Waals surface area contributed by atoms with E-state index in [-0.39, 0.29) is 36.2 Å². The quantitative estimate of drug-likeness (QED) is 0.0758. The lowest BCUT2D eigenvalue weighted by Crippen LogP contribution is -2.52. The van der Waals surface area contributed by atoms with Gasteiger partial charge in [-0.2, -0.15) is 32.3 Å². The van der Waals surface area contributed by atoms with Crippen molar-refractivity contribution in [2.24, 2.45) is 10.2 Å². The number of nitriles is 1. The summed E-state index contributed by atoms with van der Waals surface area (Å²) in [7, 11) is -8.26. The van der Waals surface area contributed by atoms with Gasteiger partial charge in [0.15, 0.2) is 5.82 Å². The smallest absolute Gasteiger partial charge is 0.264 e. The van der Waals surface area contributed by atoms with Crippen LogP contribution in [0.1, 0.15) is 63.5 Å². The van der Waals surface area contributed by atoms with Crippen molar-refractivity contribution in [1.29, 1.82) is 5.26 Å². The number of alkyl halides is 5. The number of aromatic nitrogens is 2. The molecule has 2 aliphatic carbocycles. The molecule has 3 N–H and O–H groups in total. The number of nitrogens with zero attached hydrogens (tertiary/aromatic N) is 6. The van der Waals surface area contributed by atoms with Crippen molar-refractivity contribution in [3.05, 3.63) is 35.9 Å². The Bertz CT molecular complexity index is 1790. The zero-order valence-corrected chi connectivity index (χ0v) is 34.1. The predicted molar refractivity (Wildman–Crippen MR) is 206 cm³/mol. The minimum absolute atomic E-state index is 0.0800. The number of amides is 1. The van der Waals surface area contributed by atoms with E-state index in [4.69, 9.17) is 63.1 Å². The molecule has 4 rings (SSSR count). The van der Waals surface area contributed by atoms with Crippen LogP contribution in [0, 0.1) is 11.3 Å². The molecule has 2 saturated carbocycles. The first-order valence-corrected chi connectivity index (χ1v) is 22.4. The minimum atomic E-state index is -4.13. The van der Waals surface area contributed by atoms with Crippen molar-refractivity contribution >= 4 is 90.0 Å². The van der Waals surface area contributed by atoms with E-state index in [0.29, 0.717) is 56.5 Å². The highest BCUT2D eigenvalue weighted by atomic mass is 35.5. The first-order chi connectivity index (χ1) is 24.9. The normalized spacial score (nSPS) is 28.3. The van der Waals surface area contributed by atoms with Crippen molar-refractivity contribution in [3.8, 4) is 17.3 Å². The van der Waals surface area contributed by atoms with E-state index in [0.717, 1.165) is 0 Å². The average molecular weight is 878 g/mol. The number of hydrogen-bond acceptors (Lipinski definition) is 10. The van der Waals surface area contributed by atoms with Gasteiger partial charge in [-0.3, -0.25) is 13.9 Å². The number of benzene rings is 1. The van der Waals surface area contributed by atoms with Gasteiger partial charge >= 0.3 is 0 Å². The van der Waals surface area contributed by atoms with Gasteiger partial charge in [0, 0.05) is 18.5 Å². The molecule has 0 spiro atoms. The van der Waals surface area contributed by atoms with Gasteiger partial charge < -0.3 is 10.2 Å². The Morgan fingerprint density at radius 1 is 0.925 bits per heavy atom. The molecule has 0 saturated heterocycles. The van der Waals surface area contributed by atoms with Gasteiger partial charge in [-0.15, -0.1) is 63.1 Å². The second kappa shape index (κ2) is 19.4. The molecule has 2 fully saturated rings. The number of nitrogens with one attached hydrogen (secondary N) is 1. The second-order valence-corrected chi connectivity index (χ2v) is 18.9. The highest BCUT2D eigenvalue weighted by Gasteiger charge is 2.50. The topological polar surface area (TPSA) is 207 Å². The van der Waals surface area contributed by atoms with Gasteiger partial charge in [-0.1, -0.05) is 30.3 Å². The summed E-state index contributed by atoms with van der Waals surface area (Å²) in [5.41, 5.74) is 1.07. The standard InChI is InChI=1S/C32H42Cl5N7O7S2/c1-19(45)39-24-17-21(43(13-5-7-15-52(46,47)48)14-6-8-16-53(49,50)51)11-12-23(24)40-41-32-22(18-38)30(20-9-3-2-4-10-20)42-44(32)31-28(36)26(34)25(33)27(35)29(31)37/h2-4,9-10,21,23-29,31H,5-8,11-17H2,1H3,(H,39,45)(H,46,47,48)(H,49,50,51). The van der Waals surface area contributed by atoms with E-state index < -0.39 is 76.8 Å². The van der Waals surface area contributed by atoms with E-state index in [1.165, 1.54) is 11.6 Å². The van der Waals surface area contributed by atoms with Crippen molar-refractivity contribution in [3.63, 3.8) is 0 Å². The summed E-state index contributed by atoms with van der Waals surface area (Å²) in [5, 5.41) is 23.4. The molecule has 2 aliphatic rings. The summed E-state index contributed by atoms with van der Waals surface area (Å²) in [5.74, 6) is -1.00. The Labute approximate surface area is 335 Å². The molecule has 0 aliphatic heterocycles. The Hall–Kier alpha value is -1.78. The Morgan fingerprint density at radius 3 is 1.98 bits per heavy atom. The summed E-state index contributed by atoms with van der Waals surface area (Å²) < 4.78 is 64.9. The van der Waals surface area contributed by atoms with Crippen molar-refractivity contribution < 1.29 is 30.7 Å². The molecular weight excluding hydrogens is 836 g/mol. The van der Waals surface area contributed by atoms with Crippen LogP contribution < -0.4 is 5.32 Å². The van der Waals surface area contributed by atoms with Crippen LogP contribution in [0.25, 0.3) is 11.3 Å². The number of hydrogen-bond donors (Lipinski definition) is 3. The molecule has 7 unspecified atom stereocenters. The first kappa shape index (κ1) is 43.9. The van der Waals surface area contributed by atoms with Crippen LogP contribution in [0.15, 0.2) is 40.6 Å². The van der Waals surface area contributed by atoms with E-state index in [9.17, 15) is 36.0 Å². The second-order valence-electron chi connectivity index (χ2n) is 13.3. The SMILES string of the molecule is CC(=O)NC1CC(N(CCCCS(=O)(=O)O)CCCCS(=O)(=O)O)CCC1N=Nc1c(C#N)c(-c2ccccc2)nn1C1C(Cl)C(Cl)C(Cl)C(Cl)C1Cl. The van der Waals surface area contributed by atoms with Crippen LogP contribution in [0.2, 0.25) is 0 Å². The van der Waals surface area contributed by atoms with Crippen LogP contribution in [-0.2, 0) is 25.0 Å². The fraction of sp³-hybridized carbons (Fsp3) is 0.656. The molecule has 1 aromatic heterocycles. The first-order valence-electron chi connectivity index (χ1n) is 17.0.